The van der Waals surface area contributed by atoms with Gasteiger partial charge in [0, 0.05) is 22.0 Å². The summed E-state index contributed by atoms with van der Waals surface area (Å²) in [5.74, 6) is -0.394. The predicted octanol–water partition coefficient (Wildman–Crippen LogP) is 1.92. The molecule has 1 heterocycles. The highest BCUT2D eigenvalue weighted by molar-refractivity contribution is 6.35. The van der Waals surface area contributed by atoms with Crippen LogP contribution in [0, 0.1) is 0 Å². The fraction of sp³-hybridized carbons (Fsp3) is 0.0909. The number of nitrogens with two attached hydrogens (primary N) is 1. The zero-order chi connectivity index (χ0) is 10.8. The minimum Gasteiger partial charge on any atom is -0.369 e. The summed E-state index contributed by atoms with van der Waals surface area (Å²) < 4.78 is 0. The molecule has 0 bridgehead atoms. The highest BCUT2D eigenvalue weighted by Gasteiger charge is 2.06. The predicted molar refractivity (Wildman–Crippen MR) is 59.7 cm³/mol. The average Bonchev–Trinajstić information content (AvgIpc) is 2.19. The van der Waals surface area contributed by atoms with Crippen molar-refractivity contribution in [3.63, 3.8) is 0 Å². The maximum Gasteiger partial charge on any atom is 0.223 e. The van der Waals surface area contributed by atoms with Crippen molar-refractivity contribution in [2.24, 2.45) is 5.73 Å². The lowest BCUT2D eigenvalue weighted by Gasteiger charge is -2.04. The molecule has 0 aliphatic carbocycles. The molecule has 0 saturated carbocycles. The van der Waals surface area contributed by atoms with Gasteiger partial charge in [0.1, 0.15) is 0 Å². The first kappa shape index (κ1) is 9.93. The lowest BCUT2D eigenvalue weighted by atomic mass is 10.1. The number of amides is 1. The maximum atomic E-state index is 10.8. The van der Waals surface area contributed by atoms with Crippen LogP contribution < -0.4 is 5.73 Å². The Bertz CT molecular complexity index is 525. The van der Waals surface area contributed by atoms with E-state index in [4.69, 9.17) is 17.3 Å². The molecule has 0 fully saturated rings. The third-order valence-electron chi connectivity index (χ3n) is 2.18. The minimum atomic E-state index is -0.394. The van der Waals surface area contributed by atoms with Crippen molar-refractivity contribution in [2.45, 2.75) is 6.42 Å². The van der Waals surface area contributed by atoms with Crippen molar-refractivity contribution in [3.8, 4) is 0 Å². The van der Waals surface area contributed by atoms with Crippen LogP contribution in [0.25, 0.3) is 10.8 Å². The van der Waals surface area contributed by atoms with Gasteiger partial charge >= 0.3 is 0 Å². The molecule has 76 valence electrons. The molecule has 1 aromatic carbocycles. The van der Waals surface area contributed by atoms with E-state index >= 15 is 0 Å². The summed E-state index contributed by atoms with van der Waals surface area (Å²) in [6.07, 6.45) is 1.77. The average molecular weight is 221 g/mol. The summed E-state index contributed by atoms with van der Waals surface area (Å²) >= 11 is 6.02. The van der Waals surface area contributed by atoms with Crippen molar-refractivity contribution < 1.29 is 4.79 Å². The highest BCUT2D eigenvalue weighted by Crippen LogP contribution is 2.24. The minimum absolute atomic E-state index is 0.137. The van der Waals surface area contributed by atoms with Gasteiger partial charge in [-0.15, -0.1) is 0 Å². The van der Waals surface area contributed by atoms with Gasteiger partial charge in [-0.2, -0.15) is 0 Å². The number of nitrogens with zero attached hydrogens (tertiary/aromatic N) is 1. The van der Waals surface area contributed by atoms with E-state index in [1.54, 1.807) is 12.3 Å². The number of hydrogen-bond acceptors (Lipinski definition) is 2. The van der Waals surface area contributed by atoms with Crippen LogP contribution in [0.15, 0.2) is 30.5 Å². The number of primary amides is 1. The molecule has 0 saturated heterocycles. The van der Waals surface area contributed by atoms with E-state index in [-0.39, 0.29) is 6.42 Å². The van der Waals surface area contributed by atoms with Gasteiger partial charge in [-0.3, -0.25) is 9.78 Å². The molecule has 0 unspecified atom stereocenters. The van der Waals surface area contributed by atoms with Gasteiger partial charge in [0.15, 0.2) is 0 Å². The molecule has 3 nitrogen and oxygen atoms in total. The van der Waals surface area contributed by atoms with Crippen molar-refractivity contribution in [1.29, 1.82) is 0 Å². The maximum absolute atomic E-state index is 10.8. The summed E-state index contributed by atoms with van der Waals surface area (Å²) in [5, 5.41) is 2.43. The molecular weight excluding hydrogens is 212 g/mol. The Morgan fingerprint density at radius 1 is 1.33 bits per heavy atom. The first-order valence-corrected chi connectivity index (χ1v) is 4.86. The Kier molecular flexibility index (Phi) is 2.56. The van der Waals surface area contributed by atoms with Gasteiger partial charge in [0.2, 0.25) is 5.91 Å². The Balaban J connectivity index is 2.65. The summed E-state index contributed by atoms with van der Waals surface area (Å²) in [4.78, 5) is 15.0. The number of halogens is 1. The molecular formula is C11H9ClN2O. The number of rotatable bonds is 2. The van der Waals surface area contributed by atoms with Crippen molar-refractivity contribution in [2.75, 3.05) is 0 Å². The number of pyridine rings is 1. The molecule has 2 aromatic rings. The third kappa shape index (κ3) is 1.92. The third-order valence-corrected chi connectivity index (χ3v) is 2.51. The largest absolute Gasteiger partial charge is 0.369 e. The normalized spacial score (nSPS) is 10.5. The van der Waals surface area contributed by atoms with Gasteiger partial charge in [0.25, 0.3) is 0 Å². The summed E-state index contributed by atoms with van der Waals surface area (Å²) in [6.45, 7) is 0. The van der Waals surface area contributed by atoms with Crippen LogP contribution in [0.3, 0.4) is 0 Å². The molecule has 4 heteroatoms. The molecule has 2 rings (SSSR count). The number of carbonyl (C=O) groups excluding carboxylic acids is 1. The van der Waals surface area contributed by atoms with Crippen LogP contribution in [-0.2, 0) is 11.2 Å². The van der Waals surface area contributed by atoms with Gasteiger partial charge in [-0.05, 0) is 12.1 Å². The monoisotopic (exact) mass is 220 g/mol. The summed E-state index contributed by atoms with van der Waals surface area (Å²) in [5.41, 5.74) is 5.81. The Labute approximate surface area is 91.9 Å². The fourth-order valence-corrected chi connectivity index (χ4v) is 1.77. The van der Waals surface area contributed by atoms with Crippen LogP contribution in [0.1, 0.15) is 5.69 Å². The fourth-order valence-electron chi connectivity index (χ4n) is 1.54. The Morgan fingerprint density at radius 3 is 2.87 bits per heavy atom. The smallest absolute Gasteiger partial charge is 0.223 e. The lowest BCUT2D eigenvalue weighted by molar-refractivity contribution is -0.117. The van der Waals surface area contributed by atoms with E-state index in [1.165, 1.54) is 0 Å². The lowest BCUT2D eigenvalue weighted by Crippen LogP contribution is -2.14. The standard InChI is InChI=1S/C11H9ClN2O/c12-9-3-1-2-8-7(9)4-5-14-10(8)6-11(13)15/h1-5H,6H2,(H2,13,15). The van der Waals surface area contributed by atoms with E-state index in [2.05, 4.69) is 4.98 Å². The van der Waals surface area contributed by atoms with Crippen LogP contribution in [0.4, 0.5) is 0 Å². The molecule has 0 radical (unpaired) electrons. The first-order valence-electron chi connectivity index (χ1n) is 4.49. The van der Waals surface area contributed by atoms with Crippen LogP contribution in [-0.4, -0.2) is 10.9 Å². The van der Waals surface area contributed by atoms with Crippen molar-refractivity contribution >= 4 is 28.3 Å². The second-order valence-corrected chi connectivity index (χ2v) is 3.64. The zero-order valence-corrected chi connectivity index (χ0v) is 8.66. The molecule has 0 atom stereocenters. The molecule has 1 aromatic heterocycles. The first-order chi connectivity index (χ1) is 7.18. The van der Waals surface area contributed by atoms with Crippen LogP contribution in [0.5, 0.6) is 0 Å². The quantitative estimate of drug-likeness (QED) is 0.841. The molecule has 0 spiro atoms. The number of benzene rings is 1. The van der Waals surface area contributed by atoms with Crippen LogP contribution in [0.2, 0.25) is 5.02 Å². The van der Waals surface area contributed by atoms with Crippen molar-refractivity contribution in [3.05, 3.63) is 41.2 Å². The summed E-state index contributed by atoms with van der Waals surface area (Å²) in [6, 6.07) is 7.34. The Hall–Kier alpha value is -1.61. The van der Waals surface area contributed by atoms with E-state index in [0.717, 1.165) is 10.8 Å². The number of hydrogen-bond donors (Lipinski definition) is 1. The van der Waals surface area contributed by atoms with Gasteiger partial charge in [0.05, 0.1) is 12.1 Å². The van der Waals surface area contributed by atoms with E-state index in [9.17, 15) is 4.79 Å². The van der Waals surface area contributed by atoms with Gasteiger partial charge < -0.3 is 5.73 Å². The second-order valence-electron chi connectivity index (χ2n) is 3.24. The highest BCUT2D eigenvalue weighted by atomic mass is 35.5. The topological polar surface area (TPSA) is 56.0 Å². The van der Waals surface area contributed by atoms with Gasteiger partial charge in [-0.1, -0.05) is 23.7 Å². The van der Waals surface area contributed by atoms with E-state index in [1.807, 2.05) is 18.2 Å². The molecule has 0 aliphatic rings. The number of fused-ring (bicyclic) bond motifs is 1. The number of aromatic nitrogens is 1. The van der Waals surface area contributed by atoms with Crippen LogP contribution >= 0.6 is 11.6 Å². The molecule has 2 N–H and O–H groups in total. The van der Waals surface area contributed by atoms with E-state index < -0.39 is 5.91 Å². The zero-order valence-electron chi connectivity index (χ0n) is 7.90. The van der Waals surface area contributed by atoms with E-state index in [0.29, 0.717) is 10.7 Å². The molecule has 15 heavy (non-hydrogen) atoms. The van der Waals surface area contributed by atoms with Gasteiger partial charge in [-0.25, -0.2) is 0 Å². The number of carbonyl (C=O) groups is 1. The van der Waals surface area contributed by atoms with Crippen molar-refractivity contribution in [1.82, 2.24) is 4.98 Å². The summed E-state index contributed by atoms with van der Waals surface area (Å²) in [7, 11) is 0. The SMILES string of the molecule is NC(=O)Cc1nccc2c(Cl)cccc12. The molecule has 0 aliphatic heterocycles. The Morgan fingerprint density at radius 2 is 2.13 bits per heavy atom. The second kappa shape index (κ2) is 3.87. The molecule has 1 amide bonds.